The molecule has 1 aromatic heterocycles. The number of primary amides is 1. The van der Waals surface area contributed by atoms with E-state index in [-0.39, 0.29) is 11.5 Å². The Balaban J connectivity index is 2.96. The largest absolute Gasteiger partial charge is 0.478 e. The maximum absolute atomic E-state index is 11.5. The molecule has 0 saturated carbocycles. The molecule has 2 amide bonds. The van der Waals surface area contributed by atoms with E-state index in [1.807, 2.05) is 13.8 Å². The lowest BCUT2D eigenvalue weighted by atomic mass is 10.1. The second-order valence-corrected chi connectivity index (χ2v) is 5.16. The van der Waals surface area contributed by atoms with Crippen LogP contribution in [0, 0.1) is 0 Å². The summed E-state index contributed by atoms with van der Waals surface area (Å²) >= 11 is 1.24. The molecule has 1 aromatic rings. The Kier molecular flexibility index (Phi) is 4.82. The number of thiophene rings is 1. The van der Waals surface area contributed by atoms with Gasteiger partial charge in [-0.15, -0.1) is 11.3 Å². The first-order valence-corrected chi connectivity index (χ1v) is 6.28. The summed E-state index contributed by atoms with van der Waals surface area (Å²) in [5.74, 6) is -2.29. The molecule has 7 heteroatoms. The standard InChI is InChI=1S/C12H14N2O4S/c1-6(2)8-5-7(11(13)18)12(19-8)14-9(15)3-4-10(16)17/h3-6H,1-2H3,(H2,13,18)(H,14,15)(H,16,17). The summed E-state index contributed by atoms with van der Waals surface area (Å²) in [5.41, 5.74) is 5.46. The molecule has 19 heavy (non-hydrogen) atoms. The maximum atomic E-state index is 11.5. The lowest BCUT2D eigenvalue weighted by Gasteiger charge is -2.00. The number of aliphatic carboxylic acids is 1. The van der Waals surface area contributed by atoms with E-state index in [1.54, 1.807) is 6.07 Å². The van der Waals surface area contributed by atoms with Crippen LogP contribution < -0.4 is 11.1 Å². The molecule has 6 nitrogen and oxygen atoms in total. The number of hydrogen-bond acceptors (Lipinski definition) is 4. The Morgan fingerprint density at radius 3 is 2.47 bits per heavy atom. The number of anilines is 1. The fraction of sp³-hybridized carbons (Fsp3) is 0.250. The molecular formula is C12H14N2O4S. The molecule has 0 bridgehead atoms. The van der Waals surface area contributed by atoms with E-state index in [2.05, 4.69) is 5.32 Å². The molecule has 0 unspecified atom stereocenters. The van der Waals surface area contributed by atoms with Gasteiger partial charge >= 0.3 is 5.97 Å². The van der Waals surface area contributed by atoms with Crippen molar-refractivity contribution < 1.29 is 19.5 Å². The van der Waals surface area contributed by atoms with Crippen LogP contribution in [0.4, 0.5) is 5.00 Å². The summed E-state index contributed by atoms with van der Waals surface area (Å²) < 4.78 is 0. The van der Waals surface area contributed by atoms with E-state index < -0.39 is 17.8 Å². The van der Waals surface area contributed by atoms with Crippen molar-refractivity contribution >= 4 is 34.1 Å². The lowest BCUT2D eigenvalue weighted by molar-refractivity contribution is -0.131. The van der Waals surface area contributed by atoms with Gasteiger partial charge in [0.25, 0.3) is 5.91 Å². The van der Waals surface area contributed by atoms with Crippen molar-refractivity contribution in [1.29, 1.82) is 0 Å². The van der Waals surface area contributed by atoms with Gasteiger partial charge in [0.1, 0.15) is 5.00 Å². The first-order chi connectivity index (χ1) is 8.81. The quantitative estimate of drug-likeness (QED) is 0.712. The number of carboxylic acids is 1. The van der Waals surface area contributed by atoms with Crippen LogP contribution >= 0.6 is 11.3 Å². The zero-order valence-electron chi connectivity index (χ0n) is 10.5. The highest BCUT2D eigenvalue weighted by Crippen LogP contribution is 2.32. The number of carboxylic acid groups (broad SMARTS) is 1. The molecule has 1 rings (SSSR count). The number of carbonyl (C=O) groups is 3. The van der Waals surface area contributed by atoms with Gasteiger partial charge in [-0.3, -0.25) is 9.59 Å². The first kappa shape index (κ1) is 14.9. The van der Waals surface area contributed by atoms with Crippen molar-refractivity contribution in [3.8, 4) is 0 Å². The zero-order valence-corrected chi connectivity index (χ0v) is 11.3. The molecule has 0 radical (unpaired) electrons. The molecule has 0 aliphatic rings. The molecular weight excluding hydrogens is 268 g/mol. The van der Waals surface area contributed by atoms with Gasteiger partial charge in [0, 0.05) is 17.0 Å². The second kappa shape index (κ2) is 6.14. The minimum Gasteiger partial charge on any atom is -0.478 e. The van der Waals surface area contributed by atoms with Crippen LogP contribution in [0.1, 0.15) is 35.0 Å². The number of amides is 2. The maximum Gasteiger partial charge on any atom is 0.328 e. The van der Waals surface area contributed by atoms with Crippen LogP contribution in [0.25, 0.3) is 0 Å². The van der Waals surface area contributed by atoms with Crippen LogP contribution in [-0.2, 0) is 9.59 Å². The Morgan fingerprint density at radius 2 is 2.00 bits per heavy atom. The molecule has 0 atom stereocenters. The fourth-order valence-electron chi connectivity index (χ4n) is 1.27. The summed E-state index contributed by atoms with van der Waals surface area (Å²) in [4.78, 5) is 33.9. The highest BCUT2D eigenvalue weighted by molar-refractivity contribution is 7.16. The van der Waals surface area contributed by atoms with E-state index >= 15 is 0 Å². The van der Waals surface area contributed by atoms with Gasteiger partial charge in [0.05, 0.1) is 5.56 Å². The van der Waals surface area contributed by atoms with Crippen LogP contribution in [-0.4, -0.2) is 22.9 Å². The highest BCUT2D eigenvalue weighted by Gasteiger charge is 2.16. The van der Waals surface area contributed by atoms with Crippen LogP contribution in [0.2, 0.25) is 0 Å². The molecule has 0 aromatic carbocycles. The van der Waals surface area contributed by atoms with Crippen LogP contribution in [0.15, 0.2) is 18.2 Å². The van der Waals surface area contributed by atoms with Crippen molar-refractivity contribution in [1.82, 2.24) is 0 Å². The zero-order chi connectivity index (χ0) is 14.6. The van der Waals surface area contributed by atoms with E-state index in [9.17, 15) is 14.4 Å². The van der Waals surface area contributed by atoms with E-state index in [0.29, 0.717) is 5.00 Å². The summed E-state index contributed by atoms with van der Waals surface area (Å²) in [5, 5.41) is 11.2. The summed E-state index contributed by atoms with van der Waals surface area (Å²) in [6.45, 7) is 3.90. The van der Waals surface area contributed by atoms with Gasteiger partial charge in [0.15, 0.2) is 0 Å². The SMILES string of the molecule is CC(C)c1cc(C(N)=O)c(NC(=O)C=CC(=O)O)s1. The fourth-order valence-corrected chi connectivity index (χ4v) is 2.34. The number of nitrogens with two attached hydrogens (primary N) is 1. The van der Waals surface area contributed by atoms with Crippen molar-refractivity contribution in [2.24, 2.45) is 5.73 Å². The third kappa shape index (κ3) is 4.22. The first-order valence-electron chi connectivity index (χ1n) is 5.46. The molecule has 0 aliphatic heterocycles. The Bertz CT molecular complexity index is 546. The third-order valence-electron chi connectivity index (χ3n) is 2.20. The third-order valence-corrected chi connectivity index (χ3v) is 3.55. The molecule has 1 heterocycles. The van der Waals surface area contributed by atoms with Gasteiger partial charge in [-0.1, -0.05) is 13.8 Å². The van der Waals surface area contributed by atoms with Crippen LogP contribution in [0.5, 0.6) is 0 Å². The van der Waals surface area contributed by atoms with E-state index in [0.717, 1.165) is 17.0 Å². The minimum atomic E-state index is -1.22. The average Bonchev–Trinajstić information content (AvgIpc) is 2.70. The van der Waals surface area contributed by atoms with Crippen molar-refractivity contribution in [3.05, 3.63) is 28.7 Å². The smallest absolute Gasteiger partial charge is 0.328 e. The predicted molar refractivity (Wildman–Crippen MR) is 72.3 cm³/mol. The summed E-state index contributed by atoms with van der Waals surface area (Å²) in [6.07, 6.45) is 1.60. The van der Waals surface area contributed by atoms with Gasteiger partial charge in [-0.25, -0.2) is 4.79 Å². The van der Waals surface area contributed by atoms with E-state index in [1.165, 1.54) is 11.3 Å². The van der Waals surface area contributed by atoms with Crippen molar-refractivity contribution in [3.63, 3.8) is 0 Å². The topological polar surface area (TPSA) is 109 Å². The molecule has 0 aliphatic carbocycles. The Hall–Kier alpha value is -2.15. The second-order valence-electron chi connectivity index (χ2n) is 4.07. The Labute approximate surface area is 113 Å². The minimum absolute atomic E-state index is 0.198. The predicted octanol–water partition coefficient (Wildman–Crippen LogP) is 1.55. The normalized spacial score (nSPS) is 10.9. The molecule has 102 valence electrons. The molecule has 0 fully saturated rings. The Morgan fingerprint density at radius 1 is 1.37 bits per heavy atom. The molecule has 4 N–H and O–H groups in total. The molecule has 0 spiro atoms. The monoisotopic (exact) mass is 282 g/mol. The van der Waals surface area contributed by atoms with Gasteiger partial charge in [-0.05, 0) is 12.0 Å². The van der Waals surface area contributed by atoms with Gasteiger partial charge < -0.3 is 16.2 Å². The number of carbonyl (C=O) groups excluding carboxylic acids is 2. The summed E-state index contributed by atoms with van der Waals surface area (Å²) in [7, 11) is 0. The molecule has 0 saturated heterocycles. The highest BCUT2D eigenvalue weighted by atomic mass is 32.1. The van der Waals surface area contributed by atoms with Gasteiger partial charge in [0.2, 0.25) is 5.91 Å². The van der Waals surface area contributed by atoms with Gasteiger partial charge in [-0.2, -0.15) is 0 Å². The van der Waals surface area contributed by atoms with E-state index in [4.69, 9.17) is 10.8 Å². The number of rotatable bonds is 5. The number of hydrogen-bond donors (Lipinski definition) is 3. The number of nitrogens with one attached hydrogen (secondary N) is 1. The average molecular weight is 282 g/mol. The lowest BCUT2D eigenvalue weighted by Crippen LogP contribution is -2.15. The van der Waals surface area contributed by atoms with Crippen LogP contribution in [0.3, 0.4) is 0 Å². The van der Waals surface area contributed by atoms with Crippen molar-refractivity contribution in [2.45, 2.75) is 19.8 Å². The van der Waals surface area contributed by atoms with Crippen molar-refractivity contribution in [2.75, 3.05) is 5.32 Å². The summed E-state index contributed by atoms with van der Waals surface area (Å²) in [6, 6.07) is 1.63.